The third kappa shape index (κ3) is 2.00. The van der Waals surface area contributed by atoms with Crippen molar-refractivity contribution < 1.29 is 12.9 Å². The van der Waals surface area contributed by atoms with Crippen molar-refractivity contribution in [3.8, 4) is 0 Å². The minimum atomic E-state index is -3.49. The van der Waals surface area contributed by atoms with Crippen LogP contribution < -0.4 is 4.72 Å². The van der Waals surface area contributed by atoms with Gasteiger partial charge in [0.05, 0.1) is 17.1 Å². The minimum absolute atomic E-state index is 0.262. The third-order valence-electron chi connectivity index (χ3n) is 3.24. The molecule has 0 saturated carbocycles. The van der Waals surface area contributed by atoms with Crippen LogP contribution in [0, 0.1) is 13.8 Å². The van der Waals surface area contributed by atoms with E-state index in [-0.39, 0.29) is 4.90 Å². The molecule has 3 rings (SSSR count). The number of amidine groups is 1. The smallest absolute Gasteiger partial charge is 0.263 e. The summed E-state index contributed by atoms with van der Waals surface area (Å²) in [6.07, 6.45) is 0. The summed E-state index contributed by atoms with van der Waals surface area (Å²) in [5, 5.41) is 3.85. The van der Waals surface area contributed by atoms with Gasteiger partial charge in [0.2, 0.25) is 0 Å². The van der Waals surface area contributed by atoms with Crippen LogP contribution in [0.4, 0.5) is 0 Å². The average molecular weight is 291 g/mol. The molecule has 0 radical (unpaired) electrons. The fourth-order valence-corrected chi connectivity index (χ4v) is 3.39. The molecule has 0 saturated heterocycles. The van der Waals surface area contributed by atoms with Crippen molar-refractivity contribution >= 4 is 15.9 Å². The summed E-state index contributed by atoms with van der Waals surface area (Å²) in [4.78, 5) is 4.61. The first-order chi connectivity index (χ1) is 9.49. The summed E-state index contributed by atoms with van der Waals surface area (Å²) >= 11 is 0. The van der Waals surface area contributed by atoms with Crippen LogP contribution in [0.1, 0.15) is 22.6 Å². The zero-order valence-corrected chi connectivity index (χ0v) is 11.9. The number of sulfonamides is 1. The Morgan fingerprint density at radius 3 is 2.75 bits per heavy atom. The highest BCUT2D eigenvalue weighted by atomic mass is 32.2. The van der Waals surface area contributed by atoms with E-state index in [1.54, 1.807) is 24.3 Å². The maximum Gasteiger partial charge on any atom is 0.263 e. The van der Waals surface area contributed by atoms with Gasteiger partial charge in [-0.3, -0.25) is 9.71 Å². The number of nitrogens with zero attached hydrogens (tertiary/aromatic N) is 2. The van der Waals surface area contributed by atoms with Gasteiger partial charge < -0.3 is 4.52 Å². The van der Waals surface area contributed by atoms with Crippen LogP contribution in [0.15, 0.2) is 38.7 Å². The summed E-state index contributed by atoms with van der Waals surface area (Å²) in [7, 11) is -3.49. The Morgan fingerprint density at radius 2 is 2.05 bits per heavy atom. The van der Waals surface area contributed by atoms with Crippen molar-refractivity contribution in [1.29, 1.82) is 0 Å². The van der Waals surface area contributed by atoms with Crippen LogP contribution >= 0.6 is 0 Å². The van der Waals surface area contributed by atoms with Crippen molar-refractivity contribution in [3.63, 3.8) is 0 Å². The van der Waals surface area contributed by atoms with Crippen LogP contribution in [0.5, 0.6) is 0 Å². The highest BCUT2D eigenvalue weighted by Crippen LogP contribution is 2.23. The molecular weight excluding hydrogens is 278 g/mol. The molecule has 20 heavy (non-hydrogen) atoms. The van der Waals surface area contributed by atoms with Crippen LogP contribution in [-0.4, -0.2) is 19.4 Å². The number of aryl methyl sites for hydroxylation is 2. The molecule has 1 aromatic carbocycles. The van der Waals surface area contributed by atoms with E-state index in [1.165, 1.54) is 0 Å². The van der Waals surface area contributed by atoms with Crippen molar-refractivity contribution in [2.75, 3.05) is 0 Å². The number of nitrogens with one attached hydrogen (secondary N) is 1. The second-order valence-corrected chi connectivity index (χ2v) is 6.22. The molecule has 104 valence electrons. The second-order valence-electron chi connectivity index (χ2n) is 4.57. The number of aromatic nitrogens is 1. The van der Waals surface area contributed by atoms with Crippen molar-refractivity contribution in [2.45, 2.75) is 25.3 Å². The van der Waals surface area contributed by atoms with Gasteiger partial charge in [0.25, 0.3) is 10.0 Å². The molecule has 0 spiro atoms. The number of hydrogen-bond acceptors (Lipinski definition) is 5. The zero-order chi connectivity index (χ0) is 14.3. The topological polar surface area (TPSA) is 84.6 Å². The third-order valence-corrected chi connectivity index (χ3v) is 4.64. The van der Waals surface area contributed by atoms with E-state index in [1.807, 2.05) is 13.8 Å². The number of rotatable bonds is 2. The van der Waals surface area contributed by atoms with Crippen molar-refractivity contribution in [3.05, 3.63) is 46.8 Å². The van der Waals surface area contributed by atoms with E-state index >= 15 is 0 Å². The van der Waals surface area contributed by atoms with Gasteiger partial charge in [-0.2, -0.15) is 0 Å². The Balaban J connectivity index is 1.99. The van der Waals surface area contributed by atoms with Gasteiger partial charge in [0, 0.05) is 11.1 Å². The highest BCUT2D eigenvalue weighted by Gasteiger charge is 2.30. The lowest BCUT2D eigenvalue weighted by atomic mass is 10.2. The summed E-state index contributed by atoms with van der Waals surface area (Å²) in [6, 6.07) is 6.78. The molecule has 7 heteroatoms. The Hall–Kier alpha value is -2.15. The Labute approximate surface area is 116 Å². The van der Waals surface area contributed by atoms with Gasteiger partial charge in [-0.25, -0.2) is 8.42 Å². The first kappa shape index (κ1) is 12.9. The number of benzene rings is 1. The van der Waals surface area contributed by atoms with E-state index in [0.717, 1.165) is 11.3 Å². The molecule has 2 heterocycles. The molecule has 0 fully saturated rings. The van der Waals surface area contributed by atoms with Crippen LogP contribution in [0.3, 0.4) is 0 Å². The standard InChI is InChI=1S/C13H13N3O3S/c1-8-11(9(2)19-15-8)7-14-13-10-5-3-4-6-12(10)20(17,18)16-13/h3-6H,7H2,1-2H3,(H,14,16). The summed E-state index contributed by atoms with van der Waals surface area (Å²) in [5.74, 6) is 1.06. The average Bonchev–Trinajstić information content (AvgIpc) is 2.87. The predicted molar refractivity (Wildman–Crippen MR) is 73.0 cm³/mol. The molecule has 0 amide bonds. The van der Waals surface area contributed by atoms with Gasteiger partial charge in [-0.15, -0.1) is 0 Å². The van der Waals surface area contributed by atoms with Gasteiger partial charge in [-0.05, 0) is 26.0 Å². The van der Waals surface area contributed by atoms with Crippen LogP contribution in [0.2, 0.25) is 0 Å². The van der Waals surface area contributed by atoms with Gasteiger partial charge in [0.15, 0.2) is 0 Å². The lowest BCUT2D eigenvalue weighted by Crippen LogP contribution is -2.22. The SMILES string of the molecule is Cc1noc(C)c1CN=C1NS(=O)(=O)c2ccccc21. The van der Waals surface area contributed by atoms with Crippen molar-refractivity contribution in [1.82, 2.24) is 9.88 Å². The highest BCUT2D eigenvalue weighted by molar-refractivity contribution is 7.90. The minimum Gasteiger partial charge on any atom is -0.361 e. The lowest BCUT2D eigenvalue weighted by molar-refractivity contribution is 0.392. The Bertz CT molecular complexity index is 787. The number of aliphatic imine (C=N–C) groups is 1. The molecule has 0 unspecified atom stereocenters. The Kier molecular flexibility index (Phi) is 2.86. The first-order valence-corrected chi connectivity index (χ1v) is 7.56. The molecule has 6 nitrogen and oxygen atoms in total. The normalized spacial score (nSPS) is 18.0. The molecule has 1 aromatic heterocycles. The molecule has 0 atom stereocenters. The molecule has 2 aromatic rings. The maximum absolute atomic E-state index is 11.9. The van der Waals surface area contributed by atoms with Gasteiger partial charge >= 0.3 is 0 Å². The summed E-state index contributed by atoms with van der Waals surface area (Å²) < 4.78 is 31.4. The zero-order valence-electron chi connectivity index (χ0n) is 11.0. The summed E-state index contributed by atoms with van der Waals surface area (Å²) in [6.45, 7) is 3.97. The summed E-state index contributed by atoms with van der Waals surface area (Å²) in [5.41, 5.74) is 2.24. The molecular formula is C13H13N3O3S. The van der Waals surface area contributed by atoms with E-state index in [2.05, 4.69) is 14.9 Å². The largest absolute Gasteiger partial charge is 0.361 e. The molecule has 1 N–H and O–H groups in total. The quantitative estimate of drug-likeness (QED) is 0.909. The first-order valence-electron chi connectivity index (χ1n) is 6.07. The fraction of sp³-hybridized carbons (Fsp3) is 0.231. The monoisotopic (exact) mass is 291 g/mol. The molecule has 1 aliphatic rings. The van der Waals surface area contributed by atoms with E-state index < -0.39 is 10.0 Å². The molecule has 0 aliphatic carbocycles. The van der Waals surface area contributed by atoms with E-state index in [0.29, 0.717) is 23.7 Å². The predicted octanol–water partition coefficient (Wildman–Crippen LogP) is 1.53. The Morgan fingerprint density at radius 1 is 1.30 bits per heavy atom. The van der Waals surface area contributed by atoms with Crippen LogP contribution in [0.25, 0.3) is 0 Å². The van der Waals surface area contributed by atoms with Gasteiger partial charge in [-0.1, -0.05) is 17.3 Å². The van der Waals surface area contributed by atoms with E-state index in [9.17, 15) is 8.42 Å². The lowest BCUT2D eigenvalue weighted by Gasteiger charge is -1.99. The maximum atomic E-state index is 11.9. The number of hydrogen-bond donors (Lipinski definition) is 1. The molecule has 0 bridgehead atoms. The van der Waals surface area contributed by atoms with E-state index in [4.69, 9.17) is 4.52 Å². The van der Waals surface area contributed by atoms with Crippen LogP contribution in [-0.2, 0) is 16.6 Å². The fourth-order valence-electron chi connectivity index (χ4n) is 2.14. The second kappa shape index (κ2) is 4.45. The van der Waals surface area contributed by atoms with Gasteiger partial charge in [0.1, 0.15) is 11.6 Å². The number of fused-ring (bicyclic) bond motifs is 1. The van der Waals surface area contributed by atoms with Crippen molar-refractivity contribution in [2.24, 2.45) is 4.99 Å². The molecule has 1 aliphatic heterocycles.